The van der Waals surface area contributed by atoms with Crippen molar-refractivity contribution in [3.8, 4) is 5.75 Å². The van der Waals surface area contributed by atoms with E-state index in [0.717, 1.165) is 30.4 Å². The van der Waals surface area contributed by atoms with Gasteiger partial charge in [-0.15, -0.1) is 0 Å². The number of hydrogen-bond acceptors (Lipinski definition) is 2. The molecule has 0 amide bonds. The Morgan fingerprint density at radius 2 is 2.21 bits per heavy atom. The summed E-state index contributed by atoms with van der Waals surface area (Å²) in [7, 11) is 1.48. The zero-order valence-corrected chi connectivity index (χ0v) is 8.22. The van der Waals surface area contributed by atoms with Gasteiger partial charge in [0.2, 0.25) is 0 Å². The van der Waals surface area contributed by atoms with E-state index in [2.05, 4.69) is 0 Å². The van der Waals surface area contributed by atoms with Crippen molar-refractivity contribution in [3.05, 3.63) is 29.1 Å². The number of aryl methyl sites for hydroxylation is 1. The molecule has 0 aliphatic heterocycles. The number of methoxy groups -OCH3 is 1. The first-order valence-electron chi connectivity index (χ1n) is 4.81. The molecule has 1 aromatic carbocycles. The molecule has 0 saturated heterocycles. The number of rotatable bonds is 1. The molecular weight excluding hydrogens is 181 g/mol. The van der Waals surface area contributed by atoms with Crippen molar-refractivity contribution < 1.29 is 9.13 Å². The molecule has 2 rings (SSSR count). The summed E-state index contributed by atoms with van der Waals surface area (Å²) >= 11 is 0. The molecule has 1 aliphatic carbocycles. The first-order valence-corrected chi connectivity index (χ1v) is 4.81. The number of benzene rings is 1. The van der Waals surface area contributed by atoms with Crippen LogP contribution in [0.1, 0.15) is 17.5 Å². The summed E-state index contributed by atoms with van der Waals surface area (Å²) in [5.74, 6) is 0.0413. The molecule has 2 nitrogen and oxygen atoms in total. The maximum Gasteiger partial charge on any atom is 0.165 e. The predicted octanol–water partition coefficient (Wildman–Crippen LogP) is 1.65. The molecule has 3 heteroatoms. The third-order valence-electron chi connectivity index (χ3n) is 2.74. The largest absolute Gasteiger partial charge is 0.494 e. The van der Waals surface area contributed by atoms with Crippen molar-refractivity contribution in [3.63, 3.8) is 0 Å². The fourth-order valence-corrected chi connectivity index (χ4v) is 1.94. The van der Waals surface area contributed by atoms with Gasteiger partial charge in [0, 0.05) is 6.04 Å². The van der Waals surface area contributed by atoms with Gasteiger partial charge in [-0.3, -0.25) is 0 Å². The maximum atomic E-state index is 13.3. The van der Waals surface area contributed by atoms with Crippen LogP contribution in [0.3, 0.4) is 0 Å². The van der Waals surface area contributed by atoms with E-state index in [1.807, 2.05) is 0 Å². The fourth-order valence-electron chi connectivity index (χ4n) is 1.94. The molecule has 0 saturated carbocycles. The van der Waals surface area contributed by atoms with Crippen LogP contribution in [0.5, 0.6) is 5.75 Å². The molecular formula is C11H14FNO. The van der Waals surface area contributed by atoms with Gasteiger partial charge in [-0.1, -0.05) is 0 Å². The SMILES string of the molecule is COc1cc2c(cc1F)CC[C@H](N)C2. The van der Waals surface area contributed by atoms with Crippen molar-refractivity contribution >= 4 is 0 Å². The van der Waals surface area contributed by atoms with Gasteiger partial charge in [-0.25, -0.2) is 4.39 Å². The Labute approximate surface area is 82.9 Å². The molecule has 0 bridgehead atoms. The zero-order valence-electron chi connectivity index (χ0n) is 8.22. The maximum absolute atomic E-state index is 13.3. The first kappa shape index (κ1) is 9.46. The average Bonchev–Trinajstić information content (AvgIpc) is 2.17. The minimum Gasteiger partial charge on any atom is -0.494 e. The molecule has 76 valence electrons. The summed E-state index contributed by atoms with van der Waals surface area (Å²) in [5.41, 5.74) is 8.05. The highest BCUT2D eigenvalue weighted by molar-refractivity contribution is 5.39. The van der Waals surface area contributed by atoms with Crippen LogP contribution in [0.2, 0.25) is 0 Å². The van der Waals surface area contributed by atoms with Crippen LogP contribution in [-0.4, -0.2) is 13.2 Å². The van der Waals surface area contributed by atoms with Gasteiger partial charge in [0.05, 0.1) is 7.11 Å². The lowest BCUT2D eigenvalue weighted by atomic mass is 9.88. The zero-order chi connectivity index (χ0) is 10.1. The summed E-state index contributed by atoms with van der Waals surface area (Å²) in [4.78, 5) is 0. The molecule has 0 radical (unpaired) electrons. The van der Waals surface area contributed by atoms with E-state index in [-0.39, 0.29) is 11.9 Å². The second kappa shape index (κ2) is 3.58. The van der Waals surface area contributed by atoms with Crippen LogP contribution in [-0.2, 0) is 12.8 Å². The summed E-state index contributed by atoms with van der Waals surface area (Å²) in [6, 6.07) is 3.54. The second-order valence-electron chi connectivity index (χ2n) is 3.76. The highest BCUT2D eigenvalue weighted by atomic mass is 19.1. The van der Waals surface area contributed by atoms with Crippen molar-refractivity contribution in [1.29, 1.82) is 0 Å². The number of hydrogen-bond donors (Lipinski definition) is 1. The number of ether oxygens (including phenoxy) is 1. The van der Waals surface area contributed by atoms with Gasteiger partial charge >= 0.3 is 0 Å². The van der Waals surface area contributed by atoms with Crippen LogP contribution >= 0.6 is 0 Å². The molecule has 0 unspecified atom stereocenters. The molecule has 0 aromatic heterocycles. The first-order chi connectivity index (χ1) is 6.70. The summed E-state index contributed by atoms with van der Waals surface area (Å²) in [6.07, 6.45) is 2.64. The van der Waals surface area contributed by atoms with Gasteiger partial charge in [0.25, 0.3) is 0 Å². The highest BCUT2D eigenvalue weighted by Crippen LogP contribution is 2.27. The van der Waals surface area contributed by atoms with Crippen LogP contribution < -0.4 is 10.5 Å². The Morgan fingerprint density at radius 1 is 1.43 bits per heavy atom. The lowest BCUT2D eigenvalue weighted by Crippen LogP contribution is -2.27. The molecule has 14 heavy (non-hydrogen) atoms. The standard InChI is InChI=1S/C11H14FNO/c1-14-11-6-8-4-9(13)3-2-7(8)5-10(11)12/h5-6,9H,2-4,13H2,1H3/t9-/m0/s1. The van der Waals surface area contributed by atoms with E-state index in [4.69, 9.17) is 10.5 Å². The summed E-state index contributed by atoms with van der Waals surface area (Å²) in [6.45, 7) is 0. The van der Waals surface area contributed by atoms with E-state index in [1.165, 1.54) is 7.11 Å². The normalized spacial score (nSPS) is 20.4. The third-order valence-corrected chi connectivity index (χ3v) is 2.74. The third kappa shape index (κ3) is 1.60. The Balaban J connectivity index is 2.41. The van der Waals surface area contributed by atoms with E-state index >= 15 is 0 Å². The monoisotopic (exact) mass is 195 g/mol. The number of fused-ring (bicyclic) bond motifs is 1. The van der Waals surface area contributed by atoms with Gasteiger partial charge in [0.1, 0.15) is 0 Å². The van der Waals surface area contributed by atoms with Crippen molar-refractivity contribution in [2.45, 2.75) is 25.3 Å². The molecule has 0 spiro atoms. The van der Waals surface area contributed by atoms with Crippen LogP contribution in [0, 0.1) is 5.82 Å². The molecule has 2 N–H and O–H groups in total. The number of nitrogens with two attached hydrogens (primary N) is 1. The second-order valence-corrected chi connectivity index (χ2v) is 3.76. The smallest absolute Gasteiger partial charge is 0.165 e. The number of halogens is 1. The van der Waals surface area contributed by atoms with Gasteiger partial charge in [-0.2, -0.15) is 0 Å². The molecule has 1 aliphatic rings. The Bertz CT molecular complexity index is 351. The quantitative estimate of drug-likeness (QED) is 0.739. The average molecular weight is 195 g/mol. The fraction of sp³-hybridized carbons (Fsp3) is 0.455. The van der Waals surface area contributed by atoms with Gasteiger partial charge < -0.3 is 10.5 Å². The highest BCUT2D eigenvalue weighted by Gasteiger charge is 2.18. The van der Waals surface area contributed by atoms with Crippen LogP contribution in [0.4, 0.5) is 4.39 Å². The Hall–Kier alpha value is -1.09. The minimum absolute atomic E-state index is 0.206. The molecule has 1 atom stereocenters. The minimum atomic E-state index is -0.276. The van der Waals surface area contributed by atoms with Gasteiger partial charge in [0.15, 0.2) is 11.6 Å². The van der Waals surface area contributed by atoms with E-state index < -0.39 is 0 Å². The van der Waals surface area contributed by atoms with Crippen LogP contribution in [0.15, 0.2) is 12.1 Å². The molecule has 1 aromatic rings. The summed E-state index contributed by atoms with van der Waals surface area (Å²) in [5, 5.41) is 0. The van der Waals surface area contributed by atoms with Crippen molar-refractivity contribution in [2.24, 2.45) is 5.73 Å². The van der Waals surface area contributed by atoms with E-state index in [1.54, 1.807) is 12.1 Å². The summed E-state index contributed by atoms with van der Waals surface area (Å²) < 4.78 is 18.2. The van der Waals surface area contributed by atoms with Crippen molar-refractivity contribution in [1.82, 2.24) is 0 Å². The predicted molar refractivity (Wildman–Crippen MR) is 53.0 cm³/mol. The topological polar surface area (TPSA) is 35.2 Å². The molecule has 0 heterocycles. The Morgan fingerprint density at radius 3 is 2.93 bits per heavy atom. The van der Waals surface area contributed by atoms with Crippen LogP contribution in [0.25, 0.3) is 0 Å². The van der Waals surface area contributed by atoms with Gasteiger partial charge in [-0.05, 0) is 42.5 Å². The lowest BCUT2D eigenvalue weighted by molar-refractivity contribution is 0.384. The lowest BCUT2D eigenvalue weighted by Gasteiger charge is -2.22. The molecule has 0 fully saturated rings. The Kier molecular flexibility index (Phi) is 2.42. The van der Waals surface area contributed by atoms with E-state index in [9.17, 15) is 4.39 Å². The van der Waals surface area contributed by atoms with Crippen molar-refractivity contribution in [2.75, 3.05) is 7.11 Å². The van der Waals surface area contributed by atoms with E-state index in [0.29, 0.717) is 5.75 Å².